The number of fused-ring (bicyclic) bond motifs is 1. The number of rotatable bonds is 5. The van der Waals surface area contributed by atoms with Crippen LogP contribution in [0.25, 0.3) is 5.52 Å². The van der Waals surface area contributed by atoms with Crippen molar-refractivity contribution >= 4 is 23.2 Å². The molecule has 5 heteroatoms. The SMILES string of the molecule is Cc1ccccc1CN(C)C(=O)CSc1ncc2ccccn12. The summed E-state index contributed by atoms with van der Waals surface area (Å²) in [5.41, 5.74) is 3.43. The highest BCUT2D eigenvalue weighted by molar-refractivity contribution is 7.99. The van der Waals surface area contributed by atoms with E-state index in [9.17, 15) is 4.79 Å². The molecule has 0 atom stereocenters. The van der Waals surface area contributed by atoms with Gasteiger partial charge < -0.3 is 4.90 Å². The highest BCUT2D eigenvalue weighted by atomic mass is 32.2. The maximum atomic E-state index is 12.4. The molecule has 0 aliphatic rings. The Bertz CT molecular complexity index is 828. The van der Waals surface area contributed by atoms with Crippen LogP contribution in [0.5, 0.6) is 0 Å². The van der Waals surface area contributed by atoms with Crippen LogP contribution in [0, 0.1) is 6.92 Å². The molecule has 1 aromatic carbocycles. The number of carbonyl (C=O) groups excluding carboxylic acids is 1. The van der Waals surface area contributed by atoms with E-state index < -0.39 is 0 Å². The molecule has 3 rings (SSSR count). The number of hydrogen-bond donors (Lipinski definition) is 0. The van der Waals surface area contributed by atoms with Crippen molar-refractivity contribution in [2.45, 2.75) is 18.6 Å². The molecule has 1 amide bonds. The summed E-state index contributed by atoms with van der Waals surface area (Å²) < 4.78 is 2.00. The van der Waals surface area contributed by atoms with Gasteiger partial charge in [-0.25, -0.2) is 4.98 Å². The van der Waals surface area contributed by atoms with Crippen LogP contribution in [0.4, 0.5) is 0 Å². The molecule has 0 aliphatic heterocycles. The van der Waals surface area contributed by atoms with Gasteiger partial charge in [0.25, 0.3) is 0 Å². The molecule has 2 aromatic heterocycles. The summed E-state index contributed by atoms with van der Waals surface area (Å²) in [6.07, 6.45) is 3.79. The fraction of sp³-hybridized carbons (Fsp3) is 0.222. The minimum Gasteiger partial charge on any atom is -0.341 e. The van der Waals surface area contributed by atoms with Crippen molar-refractivity contribution in [3.8, 4) is 0 Å². The van der Waals surface area contributed by atoms with Crippen LogP contribution in [0.3, 0.4) is 0 Å². The van der Waals surface area contributed by atoms with Crippen LogP contribution in [0.1, 0.15) is 11.1 Å². The Labute approximate surface area is 140 Å². The van der Waals surface area contributed by atoms with Crippen molar-refractivity contribution in [3.63, 3.8) is 0 Å². The maximum absolute atomic E-state index is 12.4. The molecule has 0 bridgehead atoms. The van der Waals surface area contributed by atoms with Crippen LogP contribution < -0.4 is 0 Å². The van der Waals surface area contributed by atoms with E-state index in [1.54, 1.807) is 4.90 Å². The van der Waals surface area contributed by atoms with E-state index >= 15 is 0 Å². The largest absolute Gasteiger partial charge is 0.341 e. The van der Waals surface area contributed by atoms with Crippen LogP contribution in [-0.4, -0.2) is 33.0 Å². The predicted octanol–water partition coefficient (Wildman–Crippen LogP) is 3.39. The quantitative estimate of drug-likeness (QED) is 0.675. The molecular formula is C18H19N3OS. The minimum absolute atomic E-state index is 0.103. The molecule has 23 heavy (non-hydrogen) atoms. The first-order valence-electron chi connectivity index (χ1n) is 7.48. The lowest BCUT2D eigenvalue weighted by Crippen LogP contribution is -2.28. The summed E-state index contributed by atoms with van der Waals surface area (Å²) in [5.74, 6) is 0.488. The van der Waals surface area contributed by atoms with Gasteiger partial charge in [-0.15, -0.1) is 0 Å². The molecule has 118 valence electrons. The molecule has 4 nitrogen and oxygen atoms in total. The second-order valence-electron chi connectivity index (χ2n) is 5.50. The summed E-state index contributed by atoms with van der Waals surface area (Å²) in [6, 6.07) is 14.1. The van der Waals surface area contributed by atoms with Gasteiger partial charge in [-0.2, -0.15) is 0 Å². The summed E-state index contributed by atoms with van der Waals surface area (Å²) >= 11 is 1.47. The van der Waals surface area contributed by atoms with Gasteiger partial charge >= 0.3 is 0 Å². The highest BCUT2D eigenvalue weighted by Crippen LogP contribution is 2.19. The third-order valence-corrected chi connectivity index (χ3v) is 4.78. The Morgan fingerprint density at radius 1 is 1.22 bits per heavy atom. The fourth-order valence-corrected chi connectivity index (χ4v) is 3.30. The van der Waals surface area contributed by atoms with Gasteiger partial charge in [0.1, 0.15) is 0 Å². The molecule has 0 saturated heterocycles. The summed E-state index contributed by atoms with van der Waals surface area (Å²) in [7, 11) is 1.85. The number of nitrogens with zero attached hydrogens (tertiary/aromatic N) is 3. The molecule has 0 N–H and O–H groups in total. The first-order valence-corrected chi connectivity index (χ1v) is 8.47. The van der Waals surface area contributed by atoms with Crippen LogP contribution >= 0.6 is 11.8 Å². The molecule has 0 spiro atoms. The zero-order valence-corrected chi connectivity index (χ0v) is 14.1. The van der Waals surface area contributed by atoms with Crippen LogP contribution in [0.15, 0.2) is 60.0 Å². The first-order chi connectivity index (χ1) is 11.1. The van der Waals surface area contributed by atoms with Gasteiger partial charge in [-0.1, -0.05) is 42.1 Å². The normalized spacial score (nSPS) is 10.9. The lowest BCUT2D eigenvalue weighted by Gasteiger charge is -2.18. The smallest absolute Gasteiger partial charge is 0.233 e. The van der Waals surface area contributed by atoms with E-state index in [0.717, 1.165) is 10.7 Å². The topological polar surface area (TPSA) is 37.6 Å². The summed E-state index contributed by atoms with van der Waals surface area (Å²) in [4.78, 5) is 18.5. The Hall–Kier alpha value is -2.27. The standard InChI is InChI=1S/C18H19N3OS/c1-14-7-3-4-8-15(14)12-20(2)17(22)13-23-18-19-11-16-9-5-6-10-21(16)18/h3-11H,12-13H2,1-2H3. The van der Waals surface area contributed by atoms with E-state index in [1.165, 1.54) is 22.9 Å². The highest BCUT2D eigenvalue weighted by Gasteiger charge is 2.12. The number of thioether (sulfide) groups is 1. The summed E-state index contributed by atoms with van der Waals surface area (Å²) in [5, 5.41) is 0.846. The van der Waals surface area contributed by atoms with E-state index in [-0.39, 0.29) is 5.91 Å². The molecule has 0 saturated carbocycles. The third kappa shape index (κ3) is 3.56. The van der Waals surface area contributed by atoms with Gasteiger partial charge in [-0.3, -0.25) is 9.20 Å². The summed E-state index contributed by atoms with van der Waals surface area (Å²) in [6.45, 7) is 2.70. The van der Waals surface area contributed by atoms with Crippen molar-refractivity contribution in [1.82, 2.24) is 14.3 Å². The second-order valence-corrected chi connectivity index (χ2v) is 6.44. The molecule has 0 fully saturated rings. The van der Waals surface area contributed by atoms with Crippen molar-refractivity contribution in [2.24, 2.45) is 0 Å². The van der Waals surface area contributed by atoms with E-state index in [2.05, 4.69) is 24.0 Å². The number of aromatic nitrogens is 2. The van der Waals surface area contributed by atoms with Crippen LogP contribution in [-0.2, 0) is 11.3 Å². The van der Waals surface area contributed by atoms with Gasteiger partial charge in [0, 0.05) is 19.8 Å². The Morgan fingerprint density at radius 3 is 2.83 bits per heavy atom. The lowest BCUT2D eigenvalue weighted by atomic mass is 10.1. The molecule has 2 heterocycles. The monoisotopic (exact) mass is 325 g/mol. The second kappa shape index (κ2) is 6.87. The molecule has 0 radical (unpaired) electrons. The van der Waals surface area contributed by atoms with Gasteiger partial charge in [0.15, 0.2) is 5.16 Å². The van der Waals surface area contributed by atoms with E-state index in [4.69, 9.17) is 0 Å². The molecular weight excluding hydrogens is 306 g/mol. The van der Waals surface area contributed by atoms with Crippen molar-refractivity contribution < 1.29 is 4.79 Å². The van der Waals surface area contributed by atoms with Crippen molar-refractivity contribution in [1.29, 1.82) is 0 Å². The fourth-order valence-electron chi connectivity index (χ4n) is 2.39. The van der Waals surface area contributed by atoms with Gasteiger partial charge in [0.05, 0.1) is 17.5 Å². The average molecular weight is 325 g/mol. The number of carbonyl (C=O) groups is 1. The minimum atomic E-state index is 0.103. The number of aryl methyl sites for hydroxylation is 1. The third-order valence-electron chi connectivity index (χ3n) is 3.82. The Kier molecular flexibility index (Phi) is 4.67. The van der Waals surface area contributed by atoms with Crippen molar-refractivity contribution in [3.05, 3.63) is 66.0 Å². The lowest BCUT2D eigenvalue weighted by molar-refractivity contribution is -0.127. The number of amides is 1. The molecule has 3 aromatic rings. The maximum Gasteiger partial charge on any atom is 0.233 e. The molecule has 0 aliphatic carbocycles. The zero-order valence-electron chi connectivity index (χ0n) is 13.3. The average Bonchev–Trinajstić information content (AvgIpc) is 2.98. The van der Waals surface area contributed by atoms with E-state index in [0.29, 0.717) is 12.3 Å². The van der Waals surface area contributed by atoms with Gasteiger partial charge in [0.2, 0.25) is 5.91 Å². The predicted molar refractivity (Wildman–Crippen MR) is 93.6 cm³/mol. The number of imidazole rings is 1. The number of hydrogen-bond acceptors (Lipinski definition) is 3. The van der Waals surface area contributed by atoms with Crippen molar-refractivity contribution in [2.75, 3.05) is 12.8 Å². The van der Waals surface area contributed by atoms with Gasteiger partial charge in [-0.05, 0) is 30.2 Å². The number of pyridine rings is 1. The van der Waals surface area contributed by atoms with E-state index in [1.807, 2.05) is 54.2 Å². The zero-order chi connectivity index (χ0) is 16.2. The Morgan fingerprint density at radius 2 is 2.00 bits per heavy atom. The van der Waals surface area contributed by atoms with Crippen LogP contribution in [0.2, 0.25) is 0 Å². The number of benzene rings is 1. The first kappa shape index (κ1) is 15.6. The molecule has 0 unspecified atom stereocenters. The Balaban J connectivity index is 1.62.